The Morgan fingerprint density at radius 1 is 0.967 bits per heavy atom. The quantitative estimate of drug-likeness (QED) is 0.591. The van der Waals surface area contributed by atoms with Gasteiger partial charge in [-0.05, 0) is 64.0 Å². The molecule has 2 unspecified atom stereocenters. The monoisotopic (exact) mass is 409 g/mol. The van der Waals surface area contributed by atoms with Crippen LogP contribution in [0.1, 0.15) is 77.0 Å². The second kappa shape index (κ2) is 8.91. The summed E-state index contributed by atoms with van der Waals surface area (Å²) >= 11 is 0. The van der Waals surface area contributed by atoms with Crippen molar-refractivity contribution in [3.05, 3.63) is 71.8 Å². The van der Waals surface area contributed by atoms with Crippen LogP contribution in [0.4, 0.5) is 0 Å². The maximum Gasteiger partial charge on any atom is 0.306 e. The van der Waals surface area contributed by atoms with Crippen LogP contribution in [0.2, 0.25) is 0 Å². The van der Waals surface area contributed by atoms with E-state index >= 15 is 0 Å². The number of piperidine rings is 1. The molecule has 0 amide bonds. The van der Waals surface area contributed by atoms with Crippen LogP contribution in [-0.2, 0) is 9.63 Å². The minimum absolute atomic E-state index is 0.110. The van der Waals surface area contributed by atoms with Crippen LogP contribution in [0, 0.1) is 5.92 Å². The summed E-state index contributed by atoms with van der Waals surface area (Å²) in [5, 5.41) is 11.7. The van der Waals surface area contributed by atoms with E-state index in [1.807, 2.05) is 24.3 Å². The predicted molar refractivity (Wildman–Crippen MR) is 120 cm³/mol. The molecule has 30 heavy (non-hydrogen) atoms. The number of benzene rings is 2. The average Bonchev–Trinajstić information content (AvgIpc) is 2.70. The highest BCUT2D eigenvalue weighted by Gasteiger charge is 2.49. The number of carbonyl (C=O) groups is 1. The van der Waals surface area contributed by atoms with Crippen molar-refractivity contribution in [3.63, 3.8) is 0 Å². The molecule has 1 aliphatic heterocycles. The largest absolute Gasteiger partial charge is 0.481 e. The van der Waals surface area contributed by atoms with E-state index in [2.05, 4.69) is 76.1 Å². The number of aliphatic carboxylic acids is 1. The fourth-order valence-corrected chi connectivity index (χ4v) is 5.00. The van der Waals surface area contributed by atoms with Crippen LogP contribution in [0.5, 0.6) is 0 Å². The van der Waals surface area contributed by atoms with E-state index in [0.717, 1.165) is 12.0 Å². The van der Waals surface area contributed by atoms with Gasteiger partial charge in [0, 0.05) is 11.1 Å². The number of nitrogens with zero attached hydrogens (tertiary/aromatic N) is 1. The molecule has 0 saturated carbocycles. The first-order chi connectivity index (χ1) is 14.1. The normalized spacial score (nSPS) is 21.1. The summed E-state index contributed by atoms with van der Waals surface area (Å²) in [6.45, 7) is 10.6. The van der Waals surface area contributed by atoms with Crippen molar-refractivity contribution in [1.82, 2.24) is 5.06 Å². The van der Waals surface area contributed by atoms with Crippen molar-refractivity contribution in [2.45, 2.75) is 77.0 Å². The van der Waals surface area contributed by atoms with E-state index in [-0.39, 0.29) is 23.1 Å². The minimum atomic E-state index is -0.715. The van der Waals surface area contributed by atoms with Gasteiger partial charge in [-0.2, -0.15) is 5.06 Å². The molecule has 1 N–H and O–H groups in total. The molecule has 2 atom stereocenters. The van der Waals surface area contributed by atoms with Gasteiger partial charge in [-0.1, -0.05) is 67.6 Å². The van der Waals surface area contributed by atoms with Crippen LogP contribution in [0.15, 0.2) is 60.7 Å². The highest BCUT2D eigenvalue weighted by Crippen LogP contribution is 2.44. The molecular weight excluding hydrogens is 374 g/mol. The third kappa shape index (κ3) is 5.11. The molecule has 0 bridgehead atoms. The molecule has 1 saturated heterocycles. The van der Waals surface area contributed by atoms with Crippen molar-refractivity contribution in [1.29, 1.82) is 0 Å². The molecule has 0 radical (unpaired) electrons. The highest BCUT2D eigenvalue weighted by atomic mass is 16.7. The lowest BCUT2D eigenvalue weighted by Gasteiger charge is -2.54. The Kier molecular flexibility index (Phi) is 6.68. The first-order valence-corrected chi connectivity index (χ1v) is 10.9. The van der Waals surface area contributed by atoms with Crippen LogP contribution in [0.3, 0.4) is 0 Å². The Bertz CT molecular complexity index is 814. The first kappa shape index (κ1) is 22.5. The number of hydrogen-bond acceptors (Lipinski definition) is 3. The summed E-state index contributed by atoms with van der Waals surface area (Å²) in [6.07, 6.45) is 1.88. The van der Waals surface area contributed by atoms with Gasteiger partial charge < -0.3 is 5.11 Å². The van der Waals surface area contributed by atoms with E-state index in [4.69, 9.17) is 4.84 Å². The van der Waals surface area contributed by atoms with Crippen molar-refractivity contribution in [2.75, 3.05) is 0 Å². The first-order valence-electron chi connectivity index (χ1n) is 10.9. The highest BCUT2D eigenvalue weighted by molar-refractivity contribution is 5.70. The average molecular weight is 410 g/mol. The van der Waals surface area contributed by atoms with E-state index in [1.165, 1.54) is 5.56 Å². The standard InChI is InChI=1S/C26H35NO3/c1-19(20-12-8-6-9-13-20)16-23(21-14-10-7-11-15-21)30-27-25(2,3)17-22(24(28)29)18-26(27,4)5/h6-15,19,22-23H,16-18H2,1-5H3,(H,28,29). The molecule has 1 heterocycles. The lowest BCUT2D eigenvalue weighted by molar-refractivity contribution is -0.313. The van der Waals surface area contributed by atoms with Crippen molar-refractivity contribution in [2.24, 2.45) is 5.92 Å². The van der Waals surface area contributed by atoms with Crippen LogP contribution >= 0.6 is 0 Å². The van der Waals surface area contributed by atoms with Gasteiger partial charge in [-0.3, -0.25) is 9.63 Å². The molecule has 4 heteroatoms. The second-order valence-electron chi connectivity index (χ2n) is 9.91. The number of rotatable bonds is 7. The van der Waals surface area contributed by atoms with E-state index < -0.39 is 5.97 Å². The third-order valence-electron chi connectivity index (χ3n) is 6.28. The van der Waals surface area contributed by atoms with Gasteiger partial charge in [-0.25, -0.2) is 0 Å². The van der Waals surface area contributed by atoms with Crippen molar-refractivity contribution >= 4 is 5.97 Å². The van der Waals surface area contributed by atoms with E-state index in [1.54, 1.807) is 0 Å². The Morgan fingerprint density at radius 2 is 1.43 bits per heavy atom. The molecule has 1 aliphatic rings. The number of hydrogen-bond donors (Lipinski definition) is 1. The molecule has 0 spiro atoms. The zero-order valence-electron chi connectivity index (χ0n) is 18.8. The molecule has 0 aliphatic carbocycles. The van der Waals surface area contributed by atoms with Gasteiger partial charge in [0.15, 0.2) is 0 Å². The number of carboxylic acids is 1. The summed E-state index contributed by atoms with van der Waals surface area (Å²) in [7, 11) is 0. The Morgan fingerprint density at radius 3 is 1.90 bits per heavy atom. The van der Waals surface area contributed by atoms with Gasteiger partial charge in [0.05, 0.1) is 5.92 Å². The fourth-order valence-electron chi connectivity index (χ4n) is 5.00. The maximum absolute atomic E-state index is 11.7. The van der Waals surface area contributed by atoms with Crippen molar-refractivity contribution in [3.8, 4) is 0 Å². The van der Waals surface area contributed by atoms with Crippen molar-refractivity contribution < 1.29 is 14.7 Å². The van der Waals surface area contributed by atoms with E-state index in [9.17, 15) is 9.90 Å². The zero-order chi connectivity index (χ0) is 21.9. The van der Waals surface area contributed by atoms with Crippen LogP contribution < -0.4 is 0 Å². The lowest BCUT2D eigenvalue weighted by atomic mass is 9.75. The van der Waals surface area contributed by atoms with Gasteiger partial charge in [0.1, 0.15) is 6.10 Å². The molecule has 162 valence electrons. The van der Waals surface area contributed by atoms with Gasteiger partial charge >= 0.3 is 5.97 Å². The van der Waals surface area contributed by atoms with E-state index in [0.29, 0.717) is 18.8 Å². The predicted octanol–water partition coefficient (Wildman–Crippen LogP) is 6.21. The zero-order valence-corrected chi connectivity index (χ0v) is 18.8. The molecule has 0 aromatic heterocycles. The Balaban J connectivity index is 1.88. The summed E-state index contributed by atoms with van der Waals surface area (Å²) < 4.78 is 0. The fraction of sp³-hybridized carbons (Fsp3) is 0.500. The topological polar surface area (TPSA) is 49.8 Å². The molecule has 2 aromatic carbocycles. The molecule has 1 fully saturated rings. The summed E-state index contributed by atoms with van der Waals surface area (Å²) in [6, 6.07) is 20.9. The number of hydroxylamine groups is 2. The summed E-state index contributed by atoms with van der Waals surface area (Å²) in [5.74, 6) is -0.736. The Hall–Kier alpha value is -2.17. The van der Waals surface area contributed by atoms with Gasteiger partial charge in [-0.15, -0.1) is 0 Å². The molecule has 3 rings (SSSR count). The summed E-state index contributed by atoms with van der Waals surface area (Å²) in [5.41, 5.74) is 1.68. The Labute approximate surface area is 180 Å². The van der Waals surface area contributed by atoms with Crippen LogP contribution in [0.25, 0.3) is 0 Å². The molecule has 2 aromatic rings. The second-order valence-corrected chi connectivity index (χ2v) is 9.91. The summed E-state index contributed by atoms with van der Waals surface area (Å²) in [4.78, 5) is 18.5. The molecule has 4 nitrogen and oxygen atoms in total. The molecular formula is C26H35NO3. The van der Waals surface area contributed by atoms with Gasteiger partial charge in [0.25, 0.3) is 0 Å². The minimum Gasteiger partial charge on any atom is -0.481 e. The van der Waals surface area contributed by atoms with Gasteiger partial charge in [0.2, 0.25) is 0 Å². The number of carboxylic acid groups (broad SMARTS) is 1. The van der Waals surface area contributed by atoms with Crippen LogP contribution in [-0.4, -0.2) is 27.2 Å². The SMILES string of the molecule is CC(CC(ON1C(C)(C)CC(C(=O)O)CC1(C)C)c1ccccc1)c1ccccc1. The smallest absolute Gasteiger partial charge is 0.306 e. The maximum atomic E-state index is 11.7. The lowest BCUT2D eigenvalue weighted by Crippen LogP contribution is -2.61. The third-order valence-corrected chi connectivity index (χ3v) is 6.28.